The summed E-state index contributed by atoms with van der Waals surface area (Å²) < 4.78 is 0. The van der Waals surface area contributed by atoms with Crippen molar-refractivity contribution in [3.8, 4) is 11.4 Å². The molecule has 2 aromatic carbocycles. The van der Waals surface area contributed by atoms with E-state index in [0.717, 1.165) is 16.6 Å². The number of imidazole rings is 1. The topological polar surface area (TPSA) is 114 Å². The van der Waals surface area contributed by atoms with Crippen LogP contribution in [-0.2, 0) is 11.2 Å². The molecule has 0 fully saturated rings. The van der Waals surface area contributed by atoms with Crippen LogP contribution in [0.2, 0.25) is 5.02 Å². The zero-order chi connectivity index (χ0) is 21.8. The first-order valence-electron chi connectivity index (χ1n) is 9.75. The minimum absolute atomic E-state index is 0.367. The molecule has 2 heterocycles. The van der Waals surface area contributed by atoms with Crippen molar-refractivity contribution in [2.75, 3.05) is 0 Å². The van der Waals surface area contributed by atoms with Crippen LogP contribution in [0.5, 0.6) is 0 Å². The van der Waals surface area contributed by atoms with Crippen LogP contribution in [-0.4, -0.2) is 32.8 Å². The molecule has 4 rings (SSSR count). The molecule has 156 valence electrons. The monoisotopic (exact) mass is 433 g/mol. The first kappa shape index (κ1) is 20.6. The molecule has 4 N–H and O–H groups in total. The molecule has 1 atom stereocenters. The minimum Gasteiger partial charge on any atom is -0.368 e. The van der Waals surface area contributed by atoms with Crippen LogP contribution in [0.25, 0.3) is 22.4 Å². The Kier molecular flexibility index (Phi) is 5.95. The van der Waals surface area contributed by atoms with Crippen molar-refractivity contribution >= 4 is 34.4 Å². The van der Waals surface area contributed by atoms with Crippen LogP contribution in [0.1, 0.15) is 22.3 Å². The Labute approximate surface area is 183 Å². The van der Waals surface area contributed by atoms with E-state index in [1.807, 2.05) is 30.3 Å². The molecule has 0 aliphatic carbocycles. The number of nitrogens with two attached hydrogens (primary N) is 1. The van der Waals surface area contributed by atoms with Gasteiger partial charge in [0.25, 0.3) is 5.91 Å². The Morgan fingerprint density at radius 1 is 1.06 bits per heavy atom. The third-order valence-electron chi connectivity index (χ3n) is 4.99. The normalized spacial score (nSPS) is 11.9. The fourth-order valence-corrected chi connectivity index (χ4v) is 3.47. The highest BCUT2D eigenvalue weighted by molar-refractivity contribution is 6.30. The van der Waals surface area contributed by atoms with Crippen molar-refractivity contribution in [1.29, 1.82) is 0 Å². The van der Waals surface area contributed by atoms with E-state index >= 15 is 0 Å². The fourth-order valence-electron chi connectivity index (χ4n) is 3.35. The molecule has 0 spiro atoms. The molecule has 0 saturated heterocycles. The van der Waals surface area contributed by atoms with E-state index in [2.05, 4.69) is 20.3 Å². The molecule has 2 amide bonds. The van der Waals surface area contributed by atoms with Crippen molar-refractivity contribution in [1.82, 2.24) is 20.3 Å². The number of hydrogen-bond acceptors (Lipinski definition) is 4. The molecule has 0 aliphatic rings. The number of fused-ring (bicyclic) bond motifs is 1. The highest BCUT2D eigenvalue weighted by Crippen LogP contribution is 2.22. The number of hydrogen-bond donors (Lipinski definition) is 3. The Morgan fingerprint density at radius 2 is 1.81 bits per heavy atom. The van der Waals surface area contributed by atoms with E-state index < -0.39 is 17.9 Å². The number of aromatic nitrogens is 3. The van der Waals surface area contributed by atoms with Crippen LogP contribution < -0.4 is 11.1 Å². The van der Waals surface area contributed by atoms with Crippen molar-refractivity contribution < 1.29 is 9.59 Å². The second-order valence-electron chi connectivity index (χ2n) is 7.12. The van der Waals surface area contributed by atoms with E-state index in [1.54, 1.807) is 36.7 Å². The van der Waals surface area contributed by atoms with Crippen molar-refractivity contribution in [3.63, 3.8) is 0 Å². The number of H-pyrrole nitrogens is 1. The van der Waals surface area contributed by atoms with Gasteiger partial charge in [-0.2, -0.15) is 0 Å². The van der Waals surface area contributed by atoms with Gasteiger partial charge in [-0.25, -0.2) is 4.98 Å². The molecule has 2 aromatic heterocycles. The number of para-hydroxylation sites is 1. The summed E-state index contributed by atoms with van der Waals surface area (Å²) in [6.45, 7) is 0. The van der Waals surface area contributed by atoms with Crippen LogP contribution in [0, 0.1) is 0 Å². The summed E-state index contributed by atoms with van der Waals surface area (Å²) in [5.41, 5.74) is 9.01. The summed E-state index contributed by atoms with van der Waals surface area (Å²) in [7, 11) is 0. The van der Waals surface area contributed by atoms with Gasteiger partial charge in [0.05, 0.1) is 11.1 Å². The van der Waals surface area contributed by atoms with E-state index in [1.165, 1.54) is 0 Å². The van der Waals surface area contributed by atoms with E-state index in [4.69, 9.17) is 17.3 Å². The first-order chi connectivity index (χ1) is 15.0. The number of rotatable bonds is 7. The second-order valence-corrected chi connectivity index (χ2v) is 7.55. The molecule has 7 nitrogen and oxygen atoms in total. The molecule has 0 radical (unpaired) electrons. The highest BCUT2D eigenvalue weighted by Gasteiger charge is 2.21. The number of carbonyl (C=O) groups is 2. The molecule has 31 heavy (non-hydrogen) atoms. The van der Waals surface area contributed by atoms with Crippen molar-refractivity contribution in [3.05, 3.63) is 83.1 Å². The largest absolute Gasteiger partial charge is 0.368 e. The van der Waals surface area contributed by atoms with Gasteiger partial charge in [0.1, 0.15) is 17.4 Å². The van der Waals surface area contributed by atoms with Gasteiger partial charge in [0, 0.05) is 23.0 Å². The van der Waals surface area contributed by atoms with Crippen LogP contribution in [0.4, 0.5) is 0 Å². The number of primary amides is 1. The molecule has 0 saturated carbocycles. The van der Waals surface area contributed by atoms with Gasteiger partial charge in [-0.3, -0.25) is 14.6 Å². The Morgan fingerprint density at radius 3 is 2.52 bits per heavy atom. The van der Waals surface area contributed by atoms with Gasteiger partial charge in [-0.1, -0.05) is 29.8 Å². The summed E-state index contributed by atoms with van der Waals surface area (Å²) >= 11 is 5.91. The van der Waals surface area contributed by atoms with E-state index in [9.17, 15) is 9.59 Å². The summed E-state index contributed by atoms with van der Waals surface area (Å²) in [6.07, 6.45) is 4.30. The van der Waals surface area contributed by atoms with E-state index in [0.29, 0.717) is 34.8 Å². The van der Waals surface area contributed by atoms with Gasteiger partial charge in [-0.05, 0) is 54.8 Å². The molecule has 0 aliphatic heterocycles. The predicted molar refractivity (Wildman–Crippen MR) is 120 cm³/mol. The van der Waals surface area contributed by atoms with Crippen LogP contribution in [0.15, 0.2) is 67.0 Å². The Hall–Kier alpha value is -3.71. The molecule has 8 heteroatoms. The maximum atomic E-state index is 13.0. The van der Waals surface area contributed by atoms with Gasteiger partial charge >= 0.3 is 0 Å². The SMILES string of the molecule is NC(=O)C(CCc1ccc(Cl)cc1)NC(=O)c1cccc2[nH]c(-c3ccncc3)nc12. The number of nitrogens with zero attached hydrogens (tertiary/aromatic N) is 2. The van der Waals surface area contributed by atoms with Gasteiger partial charge in [0.15, 0.2) is 0 Å². The number of pyridine rings is 1. The Bertz CT molecular complexity index is 1220. The lowest BCUT2D eigenvalue weighted by Crippen LogP contribution is -2.44. The highest BCUT2D eigenvalue weighted by atomic mass is 35.5. The molecule has 1 unspecified atom stereocenters. The van der Waals surface area contributed by atoms with Gasteiger partial charge in [0.2, 0.25) is 5.91 Å². The minimum atomic E-state index is -0.808. The standard InChI is InChI=1S/C23H20ClN5O2/c24-16-7-4-14(5-8-16)6-9-19(21(25)30)28-23(31)17-2-1-3-18-20(17)29-22(27-18)15-10-12-26-13-11-15/h1-5,7-8,10-13,19H,6,9H2,(H2,25,30)(H,27,29)(H,28,31). The van der Waals surface area contributed by atoms with E-state index in [-0.39, 0.29) is 0 Å². The predicted octanol–water partition coefficient (Wildman–Crippen LogP) is 3.49. The van der Waals surface area contributed by atoms with Crippen molar-refractivity contribution in [2.45, 2.75) is 18.9 Å². The summed E-state index contributed by atoms with van der Waals surface area (Å²) in [5.74, 6) is -0.362. The lowest BCUT2D eigenvalue weighted by atomic mass is 10.0. The number of carbonyl (C=O) groups excluding carboxylic acids is 2. The fraction of sp³-hybridized carbons (Fsp3) is 0.130. The first-order valence-corrected chi connectivity index (χ1v) is 10.1. The maximum absolute atomic E-state index is 13.0. The number of aromatic amines is 1. The number of halogens is 1. The number of nitrogens with one attached hydrogen (secondary N) is 2. The molecular formula is C23H20ClN5O2. The van der Waals surface area contributed by atoms with Gasteiger partial charge < -0.3 is 16.0 Å². The molecule has 4 aromatic rings. The number of benzene rings is 2. The van der Waals surface area contributed by atoms with Crippen LogP contribution in [0.3, 0.4) is 0 Å². The third kappa shape index (κ3) is 4.73. The zero-order valence-electron chi connectivity index (χ0n) is 16.5. The zero-order valence-corrected chi connectivity index (χ0v) is 17.3. The van der Waals surface area contributed by atoms with Crippen LogP contribution >= 0.6 is 11.6 Å². The average Bonchev–Trinajstić information content (AvgIpc) is 3.22. The average molecular weight is 434 g/mol. The number of aryl methyl sites for hydroxylation is 1. The molecular weight excluding hydrogens is 414 g/mol. The molecule has 0 bridgehead atoms. The maximum Gasteiger partial charge on any atom is 0.254 e. The van der Waals surface area contributed by atoms with Crippen molar-refractivity contribution in [2.24, 2.45) is 5.73 Å². The second kappa shape index (κ2) is 8.97. The lowest BCUT2D eigenvalue weighted by Gasteiger charge is -2.15. The lowest BCUT2D eigenvalue weighted by molar-refractivity contribution is -0.120. The summed E-state index contributed by atoms with van der Waals surface area (Å²) in [6, 6.07) is 15.5. The number of amides is 2. The van der Waals surface area contributed by atoms with Gasteiger partial charge in [-0.15, -0.1) is 0 Å². The Balaban J connectivity index is 1.54. The summed E-state index contributed by atoms with van der Waals surface area (Å²) in [4.78, 5) is 36.7. The third-order valence-corrected chi connectivity index (χ3v) is 5.25. The summed E-state index contributed by atoms with van der Waals surface area (Å²) in [5, 5.41) is 3.39. The smallest absolute Gasteiger partial charge is 0.254 e. The quantitative estimate of drug-likeness (QED) is 0.414.